The van der Waals surface area contributed by atoms with Gasteiger partial charge in [0.1, 0.15) is 0 Å². The van der Waals surface area contributed by atoms with E-state index in [1.54, 1.807) is 0 Å². The number of fused-ring (bicyclic) bond motifs is 3. The van der Waals surface area contributed by atoms with Crippen molar-refractivity contribution in [3.63, 3.8) is 0 Å². The molecule has 1 unspecified atom stereocenters. The Balaban J connectivity index is 2.04. The second-order valence-electron chi connectivity index (χ2n) is 5.15. The van der Waals surface area contributed by atoms with Crippen LogP contribution in [0.4, 0.5) is 24.7 Å². The van der Waals surface area contributed by atoms with Crippen molar-refractivity contribution >= 4 is 11.5 Å². The normalized spacial score (nSPS) is 22.5. The number of hydrogen-bond acceptors (Lipinski definition) is 4. The van der Waals surface area contributed by atoms with Crippen LogP contribution in [-0.4, -0.2) is 43.7 Å². The number of nitrogens with zero attached hydrogens (tertiary/aromatic N) is 3. The molecule has 0 amide bonds. The third-order valence-electron chi connectivity index (χ3n) is 3.95. The predicted molar refractivity (Wildman–Crippen MR) is 71.1 cm³/mol. The minimum Gasteiger partial charge on any atom is -0.367 e. The molecular weight excluding hydrogens is 269 g/mol. The first kappa shape index (κ1) is 13.5. The molecule has 1 saturated heterocycles. The van der Waals surface area contributed by atoms with E-state index in [-0.39, 0.29) is 6.04 Å². The van der Waals surface area contributed by atoms with E-state index in [0.29, 0.717) is 18.1 Å². The lowest BCUT2D eigenvalue weighted by atomic mass is 10.1. The molecule has 7 heteroatoms. The first-order valence-corrected chi connectivity index (χ1v) is 6.80. The van der Waals surface area contributed by atoms with E-state index in [1.807, 2.05) is 11.8 Å². The zero-order valence-electron chi connectivity index (χ0n) is 11.2. The number of likely N-dealkylation sites (N-methyl/N-ethyl adjacent to an activating group) is 1. The number of hydrogen-bond donors (Lipinski definition) is 1. The van der Waals surface area contributed by atoms with Crippen LogP contribution >= 0.6 is 0 Å². The number of aromatic nitrogens is 1. The van der Waals surface area contributed by atoms with E-state index in [4.69, 9.17) is 0 Å². The summed E-state index contributed by atoms with van der Waals surface area (Å²) in [6.45, 7) is 5.84. The molecule has 0 bridgehead atoms. The van der Waals surface area contributed by atoms with Crippen molar-refractivity contribution in [2.24, 2.45) is 0 Å². The molecule has 3 heterocycles. The lowest BCUT2D eigenvalue weighted by molar-refractivity contribution is -0.137. The molecule has 2 aliphatic rings. The molecule has 0 radical (unpaired) electrons. The van der Waals surface area contributed by atoms with Crippen molar-refractivity contribution in [1.82, 2.24) is 10.3 Å². The van der Waals surface area contributed by atoms with Gasteiger partial charge in [0.2, 0.25) is 0 Å². The zero-order chi connectivity index (χ0) is 14.3. The number of rotatable bonds is 1. The average molecular weight is 286 g/mol. The van der Waals surface area contributed by atoms with Gasteiger partial charge in [0.05, 0.1) is 17.3 Å². The Bertz CT molecular complexity index is 503. The molecular formula is C13H17F3N4. The largest absolute Gasteiger partial charge is 0.417 e. The molecule has 110 valence electrons. The van der Waals surface area contributed by atoms with Gasteiger partial charge < -0.3 is 15.1 Å². The summed E-state index contributed by atoms with van der Waals surface area (Å²) in [7, 11) is 0. The third-order valence-corrected chi connectivity index (χ3v) is 3.95. The number of halogens is 3. The van der Waals surface area contributed by atoms with Crippen LogP contribution < -0.4 is 15.1 Å². The SMILES string of the molecule is CCN1CC2CNCCN2c2ncc(C(F)(F)F)cc21. The van der Waals surface area contributed by atoms with Crippen molar-refractivity contribution < 1.29 is 13.2 Å². The van der Waals surface area contributed by atoms with Crippen LogP contribution in [-0.2, 0) is 6.18 Å². The Kier molecular flexibility index (Phi) is 3.24. The summed E-state index contributed by atoms with van der Waals surface area (Å²) in [5, 5.41) is 3.32. The molecule has 1 fully saturated rings. The van der Waals surface area contributed by atoms with Gasteiger partial charge in [-0.25, -0.2) is 4.98 Å². The molecule has 0 aromatic carbocycles. The van der Waals surface area contributed by atoms with Crippen LogP contribution in [0.3, 0.4) is 0 Å². The fraction of sp³-hybridized carbons (Fsp3) is 0.615. The van der Waals surface area contributed by atoms with Gasteiger partial charge in [-0.15, -0.1) is 0 Å². The van der Waals surface area contributed by atoms with Crippen molar-refractivity contribution in [2.75, 3.05) is 42.5 Å². The van der Waals surface area contributed by atoms with Crippen molar-refractivity contribution in [3.8, 4) is 0 Å². The third kappa shape index (κ3) is 2.19. The van der Waals surface area contributed by atoms with Gasteiger partial charge in [0.15, 0.2) is 5.82 Å². The highest BCUT2D eigenvalue weighted by Crippen LogP contribution is 2.38. The van der Waals surface area contributed by atoms with E-state index in [0.717, 1.165) is 32.4 Å². The van der Waals surface area contributed by atoms with Crippen LogP contribution in [0.15, 0.2) is 12.3 Å². The smallest absolute Gasteiger partial charge is 0.367 e. The molecule has 1 atom stereocenters. The molecule has 0 aliphatic carbocycles. The van der Waals surface area contributed by atoms with Crippen molar-refractivity contribution in [3.05, 3.63) is 17.8 Å². The van der Waals surface area contributed by atoms with Crippen LogP contribution in [0.2, 0.25) is 0 Å². The van der Waals surface area contributed by atoms with E-state index in [9.17, 15) is 13.2 Å². The first-order valence-electron chi connectivity index (χ1n) is 6.80. The number of nitrogens with one attached hydrogen (secondary N) is 1. The molecule has 2 aliphatic heterocycles. The van der Waals surface area contributed by atoms with Gasteiger partial charge in [-0.3, -0.25) is 0 Å². The van der Waals surface area contributed by atoms with Crippen molar-refractivity contribution in [2.45, 2.75) is 19.1 Å². The summed E-state index contributed by atoms with van der Waals surface area (Å²) >= 11 is 0. The second kappa shape index (κ2) is 4.80. The second-order valence-corrected chi connectivity index (χ2v) is 5.15. The molecule has 1 aromatic heterocycles. The fourth-order valence-corrected chi connectivity index (χ4v) is 2.91. The minimum atomic E-state index is -4.35. The highest BCUT2D eigenvalue weighted by Gasteiger charge is 2.37. The highest BCUT2D eigenvalue weighted by atomic mass is 19.4. The standard InChI is InChI=1S/C13H17F3N4/c1-2-19-8-10-7-17-3-4-20(10)12-11(19)5-9(6-18-12)13(14,15)16/h5-6,10,17H,2-4,7-8H2,1H3. The number of pyridine rings is 1. The van der Waals surface area contributed by atoms with Crippen molar-refractivity contribution in [1.29, 1.82) is 0 Å². The molecule has 3 rings (SSSR count). The number of piperazine rings is 1. The Morgan fingerprint density at radius 3 is 2.95 bits per heavy atom. The molecule has 1 N–H and O–H groups in total. The Labute approximate surface area is 115 Å². The van der Waals surface area contributed by atoms with E-state index in [2.05, 4.69) is 15.2 Å². The Morgan fingerprint density at radius 2 is 2.25 bits per heavy atom. The van der Waals surface area contributed by atoms with E-state index in [1.165, 1.54) is 6.07 Å². The minimum absolute atomic E-state index is 0.278. The zero-order valence-corrected chi connectivity index (χ0v) is 11.2. The molecule has 1 aromatic rings. The van der Waals surface area contributed by atoms with Crippen LogP contribution in [0.5, 0.6) is 0 Å². The van der Waals surface area contributed by atoms with E-state index >= 15 is 0 Å². The maximum atomic E-state index is 12.8. The quantitative estimate of drug-likeness (QED) is 0.852. The summed E-state index contributed by atoms with van der Waals surface area (Å²) in [6.07, 6.45) is -3.40. The monoisotopic (exact) mass is 286 g/mol. The van der Waals surface area contributed by atoms with Gasteiger partial charge in [-0.05, 0) is 13.0 Å². The number of anilines is 2. The van der Waals surface area contributed by atoms with Gasteiger partial charge in [0, 0.05) is 38.9 Å². The Morgan fingerprint density at radius 1 is 1.45 bits per heavy atom. The average Bonchev–Trinajstić information content (AvgIpc) is 2.44. The topological polar surface area (TPSA) is 31.4 Å². The molecule has 20 heavy (non-hydrogen) atoms. The summed E-state index contributed by atoms with van der Waals surface area (Å²) in [4.78, 5) is 8.21. The maximum absolute atomic E-state index is 12.8. The van der Waals surface area contributed by atoms with Gasteiger partial charge in [0.25, 0.3) is 0 Å². The van der Waals surface area contributed by atoms with Gasteiger partial charge in [-0.1, -0.05) is 0 Å². The first-order chi connectivity index (χ1) is 9.50. The Hall–Kier alpha value is -1.50. The predicted octanol–water partition coefficient (Wildman–Crippen LogP) is 1.72. The van der Waals surface area contributed by atoms with Crippen LogP contribution in [0.25, 0.3) is 0 Å². The van der Waals surface area contributed by atoms with E-state index < -0.39 is 11.7 Å². The van der Waals surface area contributed by atoms with Gasteiger partial charge >= 0.3 is 6.18 Å². The summed E-state index contributed by atoms with van der Waals surface area (Å²) in [5.41, 5.74) is -0.0799. The van der Waals surface area contributed by atoms with Crippen LogP contribution in [0.1, 0.15) is 12.5 Å². The summed E-state index contributed by atoms with van der Waals surface area (Å²) in [6, 6.07) is 1.50. The lowest BCUT2D eigenvalue weighted by Gasteiger charge is -2.46. The maximum Gasteiger partial charge on any atom is 0.417 e. The highest BCUT2D eigenvalue weighted by molar-refractivity contribution is 5.71. The molecule has 0 spiro atoms. The summed E-state index contributed by atoms with van der Waals surface area (Å²) in [5.74, 6) is 0.678. The van der Waals surface area contributed by atoms with Crippen LogP contribution in [0, 0.1) is 0 Å². The lowest BCUT2D eigenvalue weighted by Crippen LogP contribution is -2.59. The van der Waals surface area contributed by atoms with Gasteiger partial charge in [-0.2, -0.15) is 13.2 Å². The fourth-order valence-electron chi connectivity index (χ4n) is 2.91. The molecule has 0 saturated carbocycles. The summed E-state index contributed by atoms with van der Waals surface area (Å²) < 4.78 is 38.5. The molecule has 4 nitrogen and oxygen atoms in total. The number of alkyl halides is 3.